The van der Waals surface area contributed by atoms with E-state index in [-0.39, 0.29) is 0 Å². The van der Waals surface area contributed by atoms with E-state index in [0.717, 1.165) is 0 Å². The maximum absolute atomic E-state index is 2.24. The number of unbranched alkanes of at least 4 members (excludes halogenated alkanes) is 1. The Balaban J connectivity index is 0.000000282. The molecule has 1 aromatic rings. The third-order valence-corrected chi connectivity index (χ3v) is 2.51. The van der Waals surface area contributed by atoms with Gasteiger partial charge < -0.3 is 0 Å². The van der Waals surface area contributed by atoms with Gasteiger partial charge in [0.05, 0.1) is 0 Å². The molecule has 0 fully saturated rings. The summed E-state index contributed by atoms with van der Waals surface area (Å²) in [5.41, 5.74) is 3.13. The van der Waals surface area contributed by atoms with Gasteiger partial charge in [0.15, 0.2) is 0 Å². The third-order valence-electron chi connectivity index (χ3n) is 2.51. The standard InChI is InChI=1S/C9H10.C4H10.C2H6/c1-2-5-9-7-3-6-8(9)4-1;1-3-4-2;1-2/h1-2,4-5H,3,6-7H2;3-4H2,1-2H3;1-2H3. The SMILES string of the molecule is CC.CCCC.c1ccc2c(c1)CCC2. The van der Waals surface area contributed by atoms with Crippen molar-refractivity contribution in [2.45, 2.75) is 59.8 Å². The molecule has 86 valence electrons. The molecule has 0 radical (unpaired) electrons. The quantitative estimate of drug-likeness (QED) is 0.606. The maximum atomic E-state index is 2.24. The minimum absolute atomic E-state index is 1.30. The smallest absolute Gasteiger partial charge is 0.0273 e. The van der Waals surface area contributed by atoms with E-state index < -0.39 is 0 Å². The Kier molecular flexibility index (Phi) is 9.26. The molecule has 0 unspecified atom stereocenters. The lowest BCUT2D eigenvalue weighted by molar-refractivity contribution is 0.886. The molecular formula is C15H26. The highest BCUT2D eigenvalue weighted by atomic mass is 14.1. The molecule has 0 bridgehead atoms. The molecule has 15 heavy (non-hydrogen) atoms. The number of benzene rings is 1. The minimum Gasteiger partial charge on any atom is -0.0683 e. The number of rotatable bonds is 1. The molecule has 1 aliphatic rings. The molecule has 0 heterocycles. The van der Waals surface area contributed by atoms with Gasteiger partial charge in [-0.05, 0) is 30.4 Å². The first-order valence-corrected chi connectivity index (χ1v) is 6.45. The topological polar surface area (TPSA) is 0 Å². The molecule has 2 rings (SSSR count). The van der Waals surface area contributed by atoms with Crippen LogP contribution in [-0.2, 0) is 12.8 Å². The Morgan fingerprint density at radius 1 is 0.867 bits per heavy atom. The Labute approximate surface area is 95.7 Å². The molecule has 0 spiro atoms. The van der Waals surface area contributed by atoms with Gasteiger partial charge in [-0.25, -0.2) is 0 Å². The molecule has 0 nitrogen and oxygen atoms in total. The first kappa shape index (κ1) is 14.2. The summed E-state index contributed by atoms with van der Waals surface area (Å²) in [6, 6.07) is 8.74. The van der Waals surface area contributed by atoms with Crippen LogP contribution < -0.4 is 0 Å². The van der Waals surface area contributed by atoms with Crippen LogP contribution in [0.15, 0.2) is 24.3 Å². The van der Waals surface area contributed by atoms with Crippen molar-refractivity contribution >= 4 is 0 Å². The number of hydrogen-bond acceptors (Lipinski definition) is 0. The molecule has 1 aliphatic carbocycles. The monoisotopic (exact) mass is 206 g/mol. The van der Waals surface area contributed by atoms with Crippen LogP contribution in [0.25, 0.3) is 0 Å². The second kappa shape index (κ2) is 9.76. The van der Waals surface area contributed by atoms with E-state index in [4.69, 9.17) is 0 Å². The first-order chi connectivity index (χ1) is 7.38. The van der Waals surface area contributed by atoms with Crippen LogP contribution in [0, 0.1) is 0 Å². The van der Waals surface area contributed by atoms with Crippen molar-refractivity contribution < 1.29 is 0 Å². The van der Waals surface area contributed by atoms with Crippen LogP contribution in [0.3, 0.4) is 0 Å². The molecule has 0 N–H and O–H groups in total. The molecule has 0 saturated carbocycles. The van der Waals surface area contributed by atoms with Crippen LogP contribution in [0.4, 0.5) is 0 Å². The molecule has 0 heteroatoms. The van der Waals surface area contributed by atoms with E-state index >= 15 is 0 Å². The molecular weight excluding hydrogens is 180 g/mol. The zero-order valence-corrected chi connectivity index (χ0v) is 10.8. The molecule has 0 aromatic heterocycles. The summed E-state index contributed by atoms with van der Waals surface area (Å²) in [6.07, 6.45) is 6.60. The lowest BCUT2D eigenvalue weighted by Gasteiger charge is -1.93. The lowest BCUT2D eigenvalue weighted by atomic mass is 10.1. The lowest BCUT2D eigenvalue weighted by Crippen LogP contribution is -1.77. The molecule has 0 amide bonds. The summed E-state index contributed by atoms with van der Waals surface area (Å²) in [6.45, 7) is 8.36. The van der Waals surface area contributed by atoms with E-state index in [9.17, 15) is 0 Å². The van der Waals surface area contributed by atoms with Crippen molar-refractivity contribution in [3.63, 3.8) is 0 Å². The fourth-order valence-corrected chi connectivity index (χ4v) is 1.51. The zero-order chi connectivity index (χ0) is 11.5. The van der Waals surface area contributed by atoms with Gasteiger partial charge in [-0.15, -0.1) is 0 Å². The zero-order valence-electron chi connectivity index (χ0n) is 10.8. The van der Waals surface area contributed by atoms with Crippen LogP contribution in [0.5, 0.6) is 0 Å². The fraction of sp³-hybridized carbons (Fsp3) is 0.600. The second-order valence-corrected chi connectivity index (χ2v) is 3.62. The van der Waals surface area contributed by atoms with Crippen LogP contribution in [0.1, 0.15) is 58.1 Å². The van der Waals surface area contributed by atoms with Gasteiger partial charge in [0, 0.05) is 0 Å². The van der Waals surface area contributed by atoms with Gasteiger partial charge in [-0.3, -0.25) is 0 Å². The molecule has 0 saturated heterocycles. The second-order valence-electron chi connectivity index (χ2n) is 3.62. The van der Waals surface area contributed by atoms with Crippen molar-refractivity contribution in [1.82, 2.24) is 0 Å². The number of fused-ring (bicyclic) bond motifs is 1. The van der Waals surface area contributed by atoms with Crippen molar-refractivity contribution in [1.29, 1.82) is 0 Å². The summed E-state index contributed by atoms with van der Waals surface area (Å²) in [7, 11) is 0. The molecule has 1 aromatic carbocycles. The highest BCUT2D eigenvalue weighted by molar-refractivity contribution is 5.30. The van der Waals surface area contributed by atoms with E-state index in [0.29, 0.717) is 0 Å². The first-order valence-electron chi connectivity index (χ1n) is 6.45. The predicted molar refractivity (Wildman–Crippen MR) is 70.4 cm³/mol. The van der Waals surface area contributed by atoms with Gasteiger partial charge in [-0.2, -0.15) is 0 Å². The third kappa shape index (κ3) is 5.61. The van der Waals surface area contributed by atoms with Crippen molar-refractivity contribution in [3.8, 4) is 0 Å². The van der Waals surface area contributed by atoms with E-state index in [1.165, 1.54) is 32.1 Å². The Hall–Kier alpha value is -0.780. The van der Waals surface area contributed by atoms with E-state index in [1.807, 2.05) is 13.8 Å². The average Bonchev–Trinajstić information content (AvgIpc) is 2.80. The normalized spacial score (nSPS) is 11.7. The summed E-state index contributed by atoms with van der Waals surface area (Å²) in [5.74, 6) is 0. The van der Waals surface area contributed by atoms with E-state index in [1.54, 1.807) is 11.1 Å². The Morgan fingerprint density at radius 2 is 1.27 bits per heavy atom. The number of aryl methyl sites for hydroxylation is 2. The van der Waals surface area contributed by atoms with Gasteiger partial charge in [0.2, 0.25) is 0 Å². The fourth-order valence-electron chi connectivity index (χ4n) is 1.51. The van der Waals surface area contributed by atoms with Crippen LogP contribution >= 0.6 is 0 Å². The summed E-state index contributed by atoms with van der Waals surface area (Å²) in [5, 5.41) is 0. The van der Waals surface area contributed by atoms with Gasteiger partial charge in [0.1, 0.15) is 0 Å². The van der Waals surface area contributed by atoms with E-state index in [2.05, 4.69) is 38.1 Å². The van der Waals surface area contributed by atoms with Crippen LogP contribution in [0.2, 0.25) is 0 Å². The molecule has 0 aliphatic heterocycles. The van der Waals surface area contributed by atoms with Crippen molar-refractivity contribution in [3.05, 3.63) is 35.4 Å². The van der Waals surface area contributed by atoms with Crippen LogP contribution in [-0.4, -0.2) is 0 Å². The van der Waals surface area contributed by atoms with Gasteiger partial charge >= 0.3 is 0 Å². The molecule has 0 atom stereocenters. The largest absolute Gasteiger partial charge is 0.0683 e. The minimum atomic E-state index is 1.30. The highest BCUT2D eigenvalue weighted by Gasteiger charge is 2.07. The van der Waals surface area contributed by atoms with Crippen molar-refractivity contribution in [2.75, 3.05) is 0 Å². The Morgan fingerprint density at radius 3 is 1.60 bits per heavy atom. The van der Waals surface area contributed by atoms with Crippen molar-refractivity contribution in [2.24, 2.45) is 0 Å². The maximum Gasteiger partial charge on any atom is -0.0273 e. The predicted octanol–water partition coefficient (Wildman–Crippen LogP) is 5.01. The summed E-state index contributed by atoms with van der Waals surface area (Å²) >= 11 is 0. The highest BCUT2D eigenvalue weighted by Crippen LogP contribution is 2.20. The van der Waals surface area contributed by atoms with Gasteiger partial charge in [0.25, 0.3) is 0 Å². The average molecular weight is 206 g/mol. The summed E-state index contributed by atoms with van der Waals surface area (Å²) in [4.78, 5) is 0. The Bertz CT molecular complexity index is 213. The summed E-state index contributed by atoms with van der Waals surface area (Å²) < 4.78 is 0. The van der Waals surface area contributed by atoms with Gasteiger partial charge in [-0.1, -0.05) is 64.8 Å². The number of hydrogen-bond donors (Lipinski definition) is 0.